The highest BCUT2D eigenvalue weighted by molar-refractivity contribution is 8.13. The van der Waals surface area contributed by atoms with Gasteiger partial charge >= 0.3 is 0 Å². The first-order valence-electron chi connectivity index (χ1n) is 3.94. The maximum Gasteiger partial charge on any atom is 0.161 e. The van der Waals surface area contributed by atoms with Gasteiger partial charge in [0, 0.05) is 16.3 Å². The lowest BCUT2D eigenvalue weighted by atomic mass is 10.1. The lowest BCUT2D eigenvalue weighted by Gasteiger charge is -2.17. The summed E-state index contributed by atoms with van der Waals surface area (Å²) in [6, 6.07) is 5.85. The number of thioether (sulfide) groups is 1. The first-order valence-corrected chi connectivity index (χ1v) is 5.54. The molecule has 0 saturated carbocycles. The normalized spacial score (nSPS) is 14.5. The Bertz CT molecular complexity index is 363. The van der Waals surface area contributed by atoms with E-state index in [4.69, 9.17) is 11.6 Å². The average Bonchev–Trinajstić information content (AvgIpc) is 2.18. The third-order valence-corrected chi connectivity index (χ3v) is 2.91. The van der Waals surface area contributed by atoms with Gasteiger partial charge in [0.25, 0.3) is 0 Å². The van der Waals surface area contributed by atoms with Crippen LogP contribution in [-0.2, 0) is 6.54 Å². The molecule has 0 radical (unpaired) electrons. The summed E-state index contributed by atoms with van der Waals surface area (Å²) in [5.74, 6) is 0. The van der Waals surface area contributed by atoms with Gasteiger partial charge in [-0.3, -0.25) is 4.99 Å². The number of hydrogen-bond acceptors (Lipinski definition) is 3. The SMILES string of the molecule is CSC1=NCc2c(Cl)cccc2N1. The van der Waals surface area contributed by atoms with Crippen molar-refractivity contribution in [2.45, 2.75) is 6.54 Å². The third kappa shape index (κ3) is 1.67. The summed E-state index contributed by atoms with van der Waals surface area (Å²) in [6.45, 7) is 0.679. The molecule has 0 atom stereocenters. The summed E-state index contributed by atoms with van der Waals surface area (Å²) in [4.78, 5) is 4.33. The zero-order chi connectivity index (χ0) is 9.26. The van der Waals surface area contributed by atoms with Gasteiger partial charge in [-0.05, 0) is 18.4 Å². The Balaban J connectivity index is 2.38. The van der Waals surface area contributed by atoms with Crippen LogP contribution >= 0.6 is 23.4 Å². The van der Waals surface area contributed by atoms with Crippen LogP contribution < -0.4 is 5.32 Å². The molecule has 0 bridgehead atoms. The molecule has 1 heterocycles. The second-order valence-electron chi connectivity index (χ2n) is 2.72. The minimum atomic E-state index is 0.679. The topological polar surface area (TPSA) is 24.4 Å². The molecule has 1 aromatic carbocycles. The van der Waals surface area contributed by atoms with Gasteiger partial charge in [-0.15, -0.1) is 0 Å². The second kappa shape index (κ2) is 3.60. The smallest absolute Gasteiger partial charge is 0.161 e. The number of anilines is 1. The van der Waals surface area contributed by atoms with Crippen molar-refractivity contribution in [2.75, 3.05) is 11.6 Å². The minimum absolute atomic E-state index is 0.679. The molecule has 4 heteroatoms. The van der Waals surface area contributed by atoms with Gasteiger partial charge in [0.2, 0.25) is 0 Å². The molecule has 0 amide bonds. The number of benzene rings is 1. The Morgan fingerprint density at radius 1 is 1.54 bits per heavy atom. The van der Waals surface area contributed by atoms with E-state index in [9.17, 15) is 0 Å². The number of amidine groups is 1. The van der Waals surface area contributed by atoms with Crippen LogP contribution in [0.2, 0.25) is 5.02 Å². The molecule has 0 saturated heterocycles. The largest absolute Gasteiger partial charge is 0.335 e. The standard InChI is InChI=1S/C9H9ClN2S/c1-13-9-11-5-6-7(10)3-2-4-8(6)12-9/h2-4H,5H2,1H3,(H,11,12). The maximum atomic E-state index is 6.02. The summed E-state index contributed by atoms with van der Waals surface area (Å²) < 4.78 is 0. The Hall–Kier alpha value is -0.670. The number of aliphatic imine (C=N–C) groups is 1. The Morgan fingerprint density at radius 3 is 3.15 bits per heavy atom. The average molecular weight is 213 g/mol. The van der Waals surface area contributed by atoms with Crippen molar-refractivity contribution < 1.29 is 0 Å². The quantitative estimate of drug-likeness (QED) is 0.715. The summed E-state index contributed by atoms with van der Waals surface area (Å²) in [7, 11) is 0. The molecule has 1 aromatic rings. The fourth-order valence-electron chi connectivity index (χ4n) is 1.26. The summed E-state index contributed by atoms with van der Waals surface area (Å²) in [5, 5.41) is 4.96. The van der Waals surface area contributed by atoms with Gasteiger partial charge in [-0.1, -0.05) is 29.4 Å². The summed E-state index contributed by atoms with van der Waals surface area (Å²) in [6.07, 6.45) is 2.00. The Morgan fingerprint density at radius 2 is 2.38 bits per heavy atom. The van der Waals surface area contributed by atoms with Gasteiger partial charge in [0.05, 0.1) is 6.54 Å². The predicted molar refractivity (Wildman–Crippen MR) is 59.7 cm³/mol. The lowest BCUT2D eigenvalue weighted by molar-refractivity contribution is 1.06. The van der Waals surface area contributed by atoms with Crippen molar-refractivity contribution in [3.8, 4) is 0 Å². The molecule has 2 rings (SSSR count). The Kier molecular flexibility index (Phi) is 2.47. The molecule has 0 unspecified atom stereocenters. The van der Waals surface area contributed by atoms with E-state index < -0.39 is 0 Å². The number of nitrogens with one attached hydrogen (secondary N) is 1. The number of rotatable bonds is 0. The fourth-order valence-corrected chi connectivity index (χ4v) is 1.90. The number of nitrogens with zero attached hydrogens (tertiary/aromatic N) is 1. The Labute approximate surface area is 86.4 Å². The second-order valence-corrected chi connectivity index (χ2v) is 3.92. The molecular weight excluding hydrogens is 204 g/mol. The van der Waals surface area contributed by atoms with E-state index in [1.54, 1.807) is 11.8 Å². The highest BCUT2D eigenvalue weighted by Crippen LogP contribution is 2.28. The molecule has 0 aromatic heterocycles. The van der Waals surface area contributed by atoms with Crippen LogP contribution in [0.25, 0.3) is 0 Å². The van der Waals surface area contributed by atoms with Crippen molar-refractivity contribution >= 4 is 34.2 Å². The molecule has 1 aliphatic heterocycles. The van der Waals surface area contributed by atoms with Crippen molar-refractivity contribution in [1.82, 2.24) is 0 Å². The van der Waals surface area contributed by atoms with Gasteiger partial charge in [-0.25, -0.2) is 0 Å². The van der Waals surface area contributed by atoms with E-state index in [2.05, 4.69) is 10.3 Å². The van der Waals surface area contributed by atoms with E-state index in [1.165, 1.54) is 0 Å². The van der Waals surface area contributed by atoms with Crippen molar-refractivity contribution in [1.29, 1.82) is 0 Å². The predicted octanol–water partition coefficient (Wildman–Crippen LogP) is 2.98. The molecule has 13 heavy (non-hydrogen) atoms. The number of halogens is 1. The molecule has 2 nitrogen and oxygen atoms in total. The molecule has 0 aliphatic carbocycles. The first-order chi connectivity index (χ1) is 6.31. The molecule has 1 aliphatic rings. The van der Waals surface area contributed by atoms with Gasteiger partial charge < -0.3 is 5.32 Å². The van der Waals surface area contributed by atoms with Crippen LogP contribution in [-0.4, -0.2) is 11.4 Å². The highest BCUT2D eigenvalue weighted by atomic mass is 35.5. The van der Waals surface area contributed by atoms with E-state index in [-0.39, 0.29) is 0 Å². The molecule has 68 valence electrons. The van der Waals surface area contributed by atoms with Crippen LogP contribution in [0.1, 0.15) is 5.56 Å². The highest BCUT2D eigenvalue weighted by Gasteiger charge is 2.12. The van der Waals surface area contributed by atoms with Gasteiger partial charge in [0.1, 0.15) is 0 Å². The van der Waals surface area contributed by atoms with E-state index >= 15 is 0 Å². The van der Waals surface area contributed by atoms with E-state index in [0.717, 1.165) is 21.4 Å². The zero-order valence-corrected chi connectivity index (χ0v) is 8.75. The summed E-state index contributed by atoms with van der Waals surface area (Å²) in [5.41, 5.74) is 2.16. The van der Waals surface area contributed by atoms with E-state index in [0.29, 0.717) is 6.54 Å². The van der Waals surface area contributed by atoms with Crippen LogP contribution in [0.15, 0.2) is 23.2 Å². The maximum absolute atomic E-state index is 6.02. The molecule has 0 spiro atoms. The van der Waals surface area contributed by atoms with Crippen molar-refractivity contribution in [3.63, 3.8) is 0 Å². The van der Waals surface area contributed by atoms with E-state index in [1.807, 2.05) is 24.5 Å². The molecular formula is C9H9ClN2S. The van der Waals surface area contributed by atoms with Gasteiger partial charge in [-0.2, -0.15) is 0 Å². The zero-order valence-electron chi connectivity index (χ0n) is 7.17. The lowest BCUT2D eigenvalue weighted by Crippen LogP contribution is -2.14. The van der Waals surface area contributed by atoms with Crippen molar-refractivity contribution in [2.24, 2.45) is 4.99 Å². The number of fused-ring (bicyclic) bond motifs is 1. The molecule has 0 fully saturated rings. The molecule has 1 N–H and O–H groups in total. The van der Waals surface area contributed by atoms with Gasteiger partial charge in [0.15, 0.2) is 5.17 Å². The van der Waals surface area contributed by atoms with Crippen LogP contribution in [0.4, 0.5) is 5.69 Å². The summed E-state index contributed by atoms with van der Waals surface area (Å²) >= 11 is 7.63. The first kappa shape index (κ1) is 8.91. The van der Waals surface area contributed by atoms with Crippen LogP contribution in [0.5, 0.6) is 0 Å². The third-order valence-electron chi connectivity index (χ3n) is 1.93. The fraction of sp³-hybridized carbons (Fsp3) is 0.222. The van der Waals surface area contributed by atoms with Crippen LogP contribution in [0, 0.1) is 0 Å². The minimum Gasteiger partial charge on any atom is -0.335 e. The monoisotopic (exact) mass is 212 g/mol. The number of hydrogen-bond donors (Lipinski definition) is 1. The van der Waals surface area contributed by atoms with Crippen LogP contribution in [0.3, 0.4) is 0 Å². The van der Waals surface area contributed by atoms with Crippen molar-refractivity contribution in [3.05, 3.63) is 28.8 Å².